The quantitative estimate of drug-likeness (QED) is 0.400. The molecule has 5 rings (SSSR count). The van der Waals surface area contributed by atoms with E-state index in [1.54, 1.807) is 32.5 Å². The second-order valence-electron chi connectivity index (χ2n) is 10.6. The van der Waals surface area contributed by atoms with Crippen molar-refractivity contribution in [1.82, 2.24) is 9.88 Å². The Morgan fingerprint density at radius 3 is 2.61 bits per heavy atom. The van der Waals surface area contributed by atoms with Gasteiger partial charge in [-0.3, -0.25) is 14.7 Å². The van der Waals surface area contributed by atoms with E-state index >= 15 is 0 Å². The molecule has 38 heavy (non-hydrogen) atoms. The fraction of sp³-hybridized carbons (Fsp3) is 0.467. The molecule has 1 aromatic heterocycles. The number of piperidine rings is 1. The molecule has 1 aliphatic carbocycles. The number of hydrogen-bond donors (Lipinski definition) is 2. The lowest BCUT2D eigenvalue weighted by Crippen LogP contribution is -2.52. The summed E-state index contributed by atoms with van der Waals surface area (Å²) in [5, 5.41) is 21.9. The lowest BCUT2D eigenvalue weighted by atomic mass is 9.73. The topological polar surface area (TPSA) is 92.1 Å². The number of aliphatic hydroxyl groups excluding tert-OH is 1. The van der Waals surface area contributed by atoms with Crippen molar-refractivity contribution in [2.45, 2.75) is 50.2 Å². The molecule has 2 N–H and O–H groups in total. The van der Waals surface area contributed by atoms with E-state index in [-0.39, 0.29) is 23.7 Å². The first-order chi connectivity index (χ1) is 18.4. The second-order valence-corrected chi connectivity index (χ2v) is 10.6. The van der Waals surface area contributed by atoms with E-state index in [0.717, 1.165) is 42.3 Å². The van der Waals surface area contributed by atoms with Gasteiger partial charge in [0, 0.05) is 24.2 Å². The van der Waals surface area contributed by atoms with Crippen LogP contribution in [0.1, 0.15) is 55.3 Å². The molecule has 0 spiro atoms. The largest absolute Gasteiger partial charge is 0.497 e. The normalized spacial score (nSPS) is 24.5. The smallest absolute Gasteiger partial charge is 0.308 e. The third kappa shape index (κ3) is 5.33. The Kier molecular flexibility index (Phi) is 7.81. The molecule has 3 aromatic rings. The van der Waals surface area contributed by atoms with Gasteiger partial charge in [-0.15, -0.1) is 0 Å². The van der Waals surface area contributed by atoms with Gasteiger partial charge in [0.1, 0.15) is 17.3 Å². The van der Waals surface area contributed by atoms with Gasteiger partial charge in [0.25, 0.3) is 0 Å². The van der Waals surface area contributed by atoms with Crippen LogP contribution in [0.4, 0.5) is 4.39 Å². The summed E-state index contributed by atoms with van der Waals surface area (Å²) in [6, 6.07) is 12.5. The van der Waals surface area contributed by atoms with E-state index in [1.807, 2.05) is 24.3 Å². The summed E-state index contributed by atoms with van der Waals surface area (Å²) >= 11 is 0. The zero-order valence-corrected chi connectivity index (χ0v) is 21.8. The third-order valence-corrected chi connectivity index (χ3v) is 8.53. The molecule has 2 aliphatic rings. The van der Waals surface area contributed by atoms with Gasteiger partial charge in [-0.25, -0.2) is 4.39 Å². The summed E-state index contributed by atoms with van der Waals surface area (Å²) < 4.78 is 25.0. The number of hydrogen-bond acceptors (Lipinski definition) is 6. The molecule has 1 aliphatic heterocycles. The van der Waals surface area contributed by atoms with E-state index in [1.165, 1.54) is 6.07 Å². The Morgan fingerprint density at radius 1 is 1.13 bits per heavy atom. The Labute approximate surface area is 222 Å². The van der Waals surface area contributed by atoms with Gasteiger partial charge in [0.05, 0.1) is 31.8 Å². The summed E-state index contributed by atoms with van der Waals surface area (Å²) in [6.45, 7) is 1.31. The van der Waals surface area contributed by atoms with Crippen molar-refractivity contribution >= 4 is 16.9 Å². The Bertz CT molecular complexity index is 1290. The van der Waals surface area contributed by atoms with Gasteiger partial charge < -0.3 is 19.7 Å². The number of methoxy groups -OCH3 is 2. The van der Waals surface area contributed by atoms with Gasteiger partial charge in [-0.05, 0) is 104 Å². The number of ether oxygens (including phenoxy) is 2. The van der Waals surface area contributed by atoms with Crippen LogP contribution in [0.25, 0.3) is 10.9 Å². The van der Waals surface area contributed by atoms with Crippen molar-refractivity contribution < 1.29 is 28.9 Å². The van der Waals surface area contributed by atoms with E-state index in [0.29, 0.717) is 36.4 Å². The van der Waals surface area contributed by atoms with Crippen LogP contribution in [0, 0.1) is 17.7 Å². The van der Waals surface area contributed by atoms with Crippen LogP contribution in [-0.4, -0.2) is 59.4 Å². The van der Waals surface area contributed by atoms with E-state index in [9.17, 15) is 19.4 Å². The Balaban J connectivity index is 1.20. The summed E-state index contributed by atoms with van der Waals surface area (Å²) in [5.74, 6) is -0.0219. The van der Waals surface area contributed by atoms with E-state index in [2.05, 4.69) is 9.88 Å². The fourth-order valence-electron chi connectivity index (χ4n) is 6.18. The molecule has 202 valence electrons. The van der Waals surface area contributed by atoms with Crippen LogP contribution in [0.15, 0.2) is 48.7 Å². The molecule has 7 nitrogen and oxygen atoms in total. The average molecular weight is 523 g/mol. The van der Waals surface area contributed by atoms with Gasteiger partial charge in [-0.1, -0.05) is 0 Å². The molecule has 1 saturated heterocycles. The number of aliphatic hydroxyl groups is 1. The molecule has 0 amide bonds. The van der Waals surface area contributed by atoms with Crippen molar-refractivity contribution in [3.8, 4) is 11.5 Å². The molecule has 2 fully saturated rings. The third-order valence-electron chi connectivity index (χ3n) is 8.53. The first-order valence-corrected chi connectivity index (χ1v) is 13.3. The van der Waals surface area contributed by atoms with Crippen molar-refractivity contribution in [2.24, 2.45) is 11.8 Å². The molecule has 0 unspecified atom stereocenters. The van der Waals surface area contributed by atoms with Crippen LogP contribution in [0.5, 0.6) is 11.5 Å². The summed E-state index contributed by atoms with van der Waals surface area (Å²) in [5.41, 5.74) is 2.25. The van der Waals surface area contributed by atoms with Crippen molar-refractivity contribution in [2.75, 3.05) is 27.3 Å². The molecular formula is C30H35FN2O5. The number of aliphatic carboxylic acids is 1. The number of benzene rings is 2. The molecule has 3 atom stereocenters. The zero-order valence-electron chi connectivity index (χ0n) is 21.8. The van der Waals surface area contributed by atoms with Gasteiger partial charge in [-0.2, -0.15) is 0 Å². The maximum atomic E-state index is 14.4. The Morgan fingerprint density at radius 2 is 1.87 bits per heavy atom. The molecule has 2 aromatic carbocycles. The minimum atomic E-state index is -0.789. The fourth-order valence-corrected chi connectivity index (χ4v) is 6.18. The van der Waals surface area contributed by atoms with Crippen LogP contribution in [0.3, 0.4) is 0 Å². The highest BCUT2D eigenvalue weighted by Crippen LogP contribution is 2.44. The maximum absolute atomic E-state index is 14.4. The number of likely N-dealkylation sites (tertiary alicyclic amines) is 1. The first kappa shape index (κ1) is 26.4. The van der Waals surface area contributed by atoms with E-state index < -0.39 is 18.0 Å². The minimum Gasteiger partial charge on any atom is -0.497 e. The molecule has 8 heteroatoms. The standard InChI is InChI=1S/C30H35FN2O5/c1-37-21-4-6-27(31)24(15-21)19-13-20(14-19)33-12-10-18(26(17-33)30(35)36)3-8-29(34)23-9-11-32-28-7-5-22(38-2)16-25(23)28/h4-7,9,11,15-16,18-20,26,29,34H,3,8,10,12-14,17H2,1-2H3,(H,35,36)/t18-,19?,20?,26+,29+/m1/s1. The summed E-state index contributed by atoms with van der Waals surface area (Å²) in [6.07, 6.45) is 4.48. The summed E-state index contributed by atoms with van der Waals surface area (Å²) in [4.78, 5) is 18.9. The van der Waals surface area contributed by atoms with Crippen molar-refractivity contribution in [3.05, 3.63) is 65.6 Å². The van der Waals surface area contributed by atoms with Gasteiger partial charge >= 0.3 is 5.97 Å². The van der Waals surface area contributed by atoms with Crippen LogP contribution in [-0.2, 0) is 4.79 Å². The number of aromatic nitrogens is 1. The van der Waals surface area contributed by atoms with Crippen LogP contribution >= 0.6 is 0 Å². The second kappa shape index (κ2) is 11.3. The number of carbonyl (C=O) groups is 1. The number of nitrogens with zero attached hydrogens (tertiary/aromatic N) is 2. The average Bonchev–Trinajstić information content (AvgIpc) is 2.91. The maximum Gasteiger partial charge on any atom is 0.308 e. The SMILES string of the molecule is COc1ccc(F)c(C2CC(N3CC[C@@H](CC[C@H](O)c4ccnc5ccc(OC)cc45)[C@@H](C(=O)O)C3)C2)c1. The lowest BCUT2D eigenvalue weighted by molar-refractivity contribution is -0.147. The van der Waals surface area contributed by atoms with Gasteiger partial charge in [0.15, 0.2) is 0 Å². The molecule has 0 radical (unpaired) electrons. The van der Waals surface area contributed by atoms with Crippen LogP contribution in [0.2, 0.25) is 0 Å². The highest BCUT2D eigenvalue weighted by atomic mass is 19.1. The highest BCUT2D eigenvalue weighted by Gasteiger charge is 2.41. The predicted molar refractivity (Wildman–Crippen MR) is 142 cm³/mol. The van der Waals surface area contributed by atoms with Crippen molar-refractivity contribution in [1.29, 1.82) is 0 Å². The Hall–Kier alpha value is -3.23. The zero-order chi connectivity index (χ0) is 26.8. The predicted octanol–water partition coefficient (Wildman–Crippen LogP) is 5.17. The number of carboxylic acids is 1. The van der Waals surface area contributed by atoms with E-state index in [4.69, 9.17) is 9.47 Å². The van der Waals surface area contributed by atoms with Crippen LogP contribution < -0.4 is 9.47 Å². The number of rotatable bonds is 9. The molecule has 0 bridgehead atoms. The molecular weight excluding hydrogens is 487 g/mol. The van der Waals surface area contributed by atoms with Gasteiger partial charge in [0.2, 0.25) is 0 Å². The minimum absolute atomic E-state index is 0.00672. The first-order valence-electron chi connectivity index (χ1n) is 13.3. The number of carboxylic acid groups (broad SMARTS) is 1. The lowest BCUT2D eigenvalue weighted by Gasteiger charge is -2.47. The van der Waals surface area contributed by atoms with Crippen molar-refractivity contribution in [3.63, 3.8) is 0 Å². The molecule has 2 heterocycles. The molecule has 1 saturated carbocycles. The number of fused-ring (bicyclic) bond motifs is 1. The monoisotopic (exact) mass is 522 g/mol. The summed E-state index contributed by atoms with van der Waals surface area (Å²) in [7, 11) is 3.18. The number of pyridine rings is 1. The highest BCUT2D eigenvalue weighted by molar-refractivity contribution is 5.83. The number of halogens is 1.